The second-order valence-corrected chi connectivity index (χ2v) is 7.28. The summed E-state index contributed by atoms with van der Waals surface area (Å²) in [6.45, 7) is 9.13. The van der Waals surface area contributed by atoms with Gasteiger partial charge >= 0.3 is 0 Å². The molecule has 1 aliphatic heterocycles. The maximum atomic E-state index is 12.7. The molecule has 1 N–H and O–H groups in total. The third-order valence-corrected chi connectivity index (χ3v) is 5.21. The molecule has 0 spiro atoms. The molecule has 0 radical (unpaired) electrons. The number of amides is 1. The predicted octanol–water partition coefficient (Wildman–Crippen LogP) is 2.21. The van der Waals surface area contributed by atoms with Gasteiger partial charge in [0.1, 0.15) is 5.82 Å². The molecule has 144 valence electrons. The first-order chi connectivity index (χ1) is 13.0. The zero-order valence-electron chi connectivity index (χ0n) is 16.5. The average Bonchev–Trinajstić information content (AvgIpc) is 2.69. The Bertz CT molecular complexity index is 756. The monoisotopic (exact) mass is 367 g/mol. The van der Waals surface area contributed by atoms with Crippen molar-refractivity contribution in [3.8, 4) is 11.3 Å². The second-order valence-electron chi connectivity index (χ2n) is 7.28. The lowest BCUT2D eigenvalue weighted by Gasteiger charge is -2.36. The number of hydrogen-bond donors (Lipinski definition) is 1. The summed E-state index contributed by atoms with van der Waals surface area (Å²) in [5, 5.41) is 3.05. The van der Waals surface area contributed by atoms with Crippen molar-refractivity contribution in [3.05, 3.63) is 47.9 Å². The molecule has 1 fully saturated rings. The van der Waals surface area contributed by atoms with Gasteiger partial charge in [0.2, 0.25) is 0 Å². The van der Waals surface area contributed by atoms with Crippen LogP contribution in [0.25, 0.3) is 11.3 Å². The molecule has 6 heteroatoms. The number of aryl methyl sites for hydroxylation is 1. The normalized spacial score (nSPS) is 16.9. The van der Waals surface area contributed by atoms with Gasteiger partial charge in [0, 0.05) is 50.5 Å². The summed E-state index contributed by atoms with van der Waals surface area (Å²) in [6, 6.07) is 10.2. The van der Waals surface area contributed by atoms with E-state index in [1.54, 1.807) is 6.20 Å². The van der Waals surface area contributed by atoms with Gasteiger partial charge in [0.25, 0.3) is 5.91 Å². The van der Waals surface area contributed by atoms with Gasteiger partial charge in [0.15, 0.2) is 0 Å². The van der Waals surface area contributed by atoms with E-state index in [0.29, 0.717) is 29.7 Å². The summed E-state index contributed by atoms with van der Waals surface area (Å²) in [5.41, 5.74) is 2.14. The molecule has 1 saturated heterocycles. The van der Waals surface area contributed by atoms with Crippen LogP contribution in [0.15, 0.2) is 36.5 Å². The van der Waals surface area contributed by atoms with Crippen molar-refractivity contribution in [3.63, 3.8) is 0 Å². The van der Waals surface area contributed by atoms with E-state index in [-0.39, 0.29) is 5.91 Å². The molecule has 3 rings (SSSR count). The van der Waals surface area contributed by atoms with Crippen LogP contribution in [0.5, 0.6) is 0 Å². The van der Waals surface area contributed by atoms with Crippen molar-refractivity contribution in [1.82, 2.24) is 25.1 Å². The lowest BCUT2D eigenvalue weighted by molar-refractivity contribution is 0.0935. The molecule has 1 amide bonds. The van der Waals surface area contributed by atoms with Crippen LogP contribution in [-0.4, -0.2) is 71.5 Å². The summed E-state index contributed by atoms with van der Waals surface area (Å²) in [5.74, 6) is 0.550. The fourth-order valence-corrected chi connectivity index (χ4v) is 3.39. The molecule has 0 aliphatic carbocycles. The predicted molar refractivity (Wildman–Crippen MR) is 108 cm³/mol. The summed E-state index contributed by atoms with van der Waals surface area (Å²) >= 11 is 0. The van der Waals surface area contributed by atoms with Crippen molar-refractivity contribution in [2.75, 3.05) is 39.8 Å². The van der Waals surface area contributed by atoms with E-state index in [1.807, 2.05) is 37.3 Å². The van der Waals surface area contributed by atoms with Crippen LogP contribution in [0, 0.1) is 6.92 Å². The molecular formula is C21H29N5O. The Kier molecular flexibility index (Phi) is 6.53. The van der Waals surface area contributed by atoms with Crippen LogP contribution in [-0.2, 0) is 0 Å². The van der Waals surface area contributed by atoms with Crippen LogP contribution in [0.4, 0.5) is 0 Å². The highest BCUT2D eigenvalue weighted by atomic mass is 16.1. The van der Waals surface area contributed by atoms with E-state index < -0.39 is 0 Å². The average molecular weight is 367 g/mol. The first kappa shape index (κ1) is 19.5. The van der Waals surface area contributed by atoms with E-state index in [1.165, 1.54) is 0 Å². The second kappa shape index (κ2) is 9.06. The largest absolute Gasteiger partial charge is 0.352 e. The zero-order chi connectivity index (χ0) is 19.2. The van der Waals surface area contributed by atoms with E-state index in [2.05, 4.69) is 39.1 Å². The molecule has 0 bridgehead atoms. The van der Waals surface area contributed by atoms with Crippen LogP contribution in [0.2, 0.25) is 0 Å². The van der Waals surface area contributed by atoms with Gasteiger partial charge in [0.05, 0.1) is 11.3 Å². The quantitative estimate of drug-likeness (QED) is 0.848. The first-order valence-corrected chi connectivity index (χ1v) is 9.64. The number of rotatable bonds is 6. The van der Waals surface area contributed by atoms with Gasteiger partial charge in [-0.3, -0.25) is 9.69 Å². The maximum absolute atomic E-state index is 12.7. The van der Waals surface area contributed by atoms with Crippen molar-refractivity contribution in [2.45, 2.75) is 26.3 Å². The van der Waals surface area contributed by atoms with Crippen LogP contribution < -0.4 is 5.32 Å². The molecule has 2 heterocycles. The molecule has 0 saturated carbocycles. The Morgan fingerprint density at radius 3 is 2.59 bits per heavy atom. The summed E-state index contributed by atoms with van der Waals surface area (Å²) in [6.07, 6.45) is 2.56. The lowest BCUT2D eigenvalue weighted by atomic mass is 10.1. The number of hydrogen-bond acceptors (Lipinski definition) is 5. The fraction of sp³-hybridized carbons (Fsp3) is 0.476. The van der Waals surface area contributed by atoms with Crippen LogP contribution >= 0.6 is 0 Å². The number of piperazine rings is 1. The number of carbonyl (C=O) groups is 1. The van der Waals surface area contributed by atoms with E-state index >= 15 is 0 Å². The minimum absolute atomic E-state index is 0.112. The third kappa shape index (κ3) is 5.11. The Labute approximate surface area is 161 Å². The van der Waals surface area contributed by atoms with Gasteiger partial charge in [-0.2, -0.15) is 0 Å². The molecule has 1 aliphatic rings. The van der Waals surface area contributed by atoms with Crippen LogP contribution in [0.3, 0.4) is 0 Å². The highest BCUT2D eigenvalue weighted by Gasteiger charge is 2.20. The van der Waals surface area contributed by atoms with Crippen molar-refractivity contribution >= 4 is 5.91 Å². The van der Waals surface area contributed by atoms with Gasteiger partial charge < -0.3 is 10.2 Å². The standard InChI is InChI=1S/C21H29N5O/c1-16(26-13-11-25(3)12-14-26)9-10-22-21(27)19-15-23-17(2)24-20(19)18-7-5-4-6-8-18/h4-8,15-16H,9-14H2,1-3H3,(H,22,27)/t16-/m0/s1. The van der Waals surface area contributed by atoms with Gasteiger partial charge in [-0.1, -0.05) is 30.3 Å². The molecule has 0 unspecified atom stereocenters. The number of aromatic nitrogens is 2. The van der Waals surface area contributed by atoms with Crippen molar-refractivity contribution < 1.29 is 4.79 Å². The highest BCUT2D eigenvalue weighted by Crippen LogP contribution is 2.21. The fourth-order valence-electron chi connectivity index (χ4n) is 3.39. The Morgan fingerprint density at radius 1 is 1.19 bits per heavy atom. The number of benzene rings is 1. The molecule has 6 nitrogen and oxygen atoms in total. The van der Waals surface area contributed by atoms with E-state index in [9.17, 15) is 4.79 Å². The Balaban J connectivity index is 1.60. The smallest absolute Gasteiger partial charge is 0.255 e. The Morgan fingerprint density at radius 2 is 1.89 bits per heavy atom. The molecule has 1 atom stereocenters. The molecule has 2 aromatic rings. The lowest BCUT2D eigenvalue weighted by Crippen LogP contribution is -2.48. The van der Waals surface area contributed by atoms with E-state index in [4.69, 9.17) is 0 Å². The SMILES string of the molecule is Cc1ncc(C(=O)NCC[C@H](C)N2CCN(C)CC2)c(-c2ccccc2)n1. The summed E-state index contributed by atoms with van der Waals surface area (Å²) in [4.78, 5) is 26.3. The topological polar surface area (TPSA) is 61.4 Å². The maximum Gasteiger partial charge on any atom is 0.255 e. The molecule has 1 aromatic carbocycles. The minimum Gasteiger partial charge on any atom is -0.352 e. The Hall–Kier alpha value is -2.31. The first-order valence-electron chi connectivity index (χ1n) is 9.64. The molecule has 27 heavy (non-hydrogen) atoms. The molecule has 1 aromatic heterocycles. The summed E-state index contributed by atoms with van der Waals surface area (Å²) < 4.78 is 0. The minimum atomic E-state index is -0.112. The molecular weight excluding hydrogens is 338 g/mol. The van der Waals surface area contributed by atoms with Gasteiger partial charge in [-0.05, 0) is 27.3 Å². The number of nitrogens with one attached hydrogen (secondary N) is 1. The van der Waals surface area contributed by atoms with E-state index in [0.717, 1.165) is 38.2 Å². The number of likely N-dealkylation sites (N-methyl/N-ethyl adjacent to an activating group) is 1. The van der Waals surface area contributed by atoms with Crippen molar-refractivity contribution in [2.24, 2.45) is 0 Å². The number of carbonyl (C=O) groups excluding carboxylic acids is 1. The van der Waals surface area contributed by atoms with Gasteiger partial charge in [-0.25, -0.2) is 9.97 Å². The van der Waals surface area contributed by atoms with Crippen LogP contribution in [0.1, 0.15) is 29.5 Å². The summed E-state index contributed by atoms with van der Waals surface area (Å²) in [7, 11) is 2.16. The van der Waals surface area contributed by atoms with Gasteiger partial charge in [-0.15, -0.1) is 0 Å². The zero-order valence-corrected chi connectivity index (χ0v) is 16.5. The number of nitrogens with zero attached hydrogens (tertiary/aromatic N) is 4. The third-order valence-electron chi connectivity index (χ3n) is 5.21. The van der Waals surface area contributed by atoms with Crippen molar-refractivity contribution in [1.29, 1.82) is 0 Å². The highest BCUT2D eigenvalue weighted by molar-refractivity contribution is 5.99.